The Morgan fingerprint density at radius 1 is 1.28 bits per heavy atom. The molecule has 3 aliphatic rings. The molecular weight excluding hydrogens is 320 g/mol. The molecule has 7 heteroatoms. The van der Waals surface area contributed by atoms with Gasteiger partial charge < -0.3 is 20.5 Å². The molecule has 1 saturated heterocycles. The predicted octanol–water partition coefficient (Wildman–Crippen LogP) is 1.40. The van der Waals surface area contributed by atoms with Gasteiger partial charge in [0.15, 0.2) is 5.69 Å². The molecule has 2 saturated carbocycles. The van der Waals surface area contributed by atoms with Crippen LogP contribution in [0.15, 0.2) is 10.6 Å². The van der Waals surface area contributed by atoms with Crippen molar-refractivity contribution in [2.45, 2.75) is 69.5 Å². The third-order valence-corrected chi connectivity index (χ3v) is 5.76. The summed E-state index contributed by atoms with van der Waals surface area (Å²) >= 11 is 0. The average molecular weight is 346 g/mol. The van der Waals surface area contributed by atoms with Gasteiger partial charge in [-0.15, -0.1) is 0 Å². The van der Waals surface area contributed by atoms with Crippen LogP contribution in [0.1, 0.15) is 67.6 Å². The highest BCUT2D eigenvalue weighted by Crippen LogP contribution is 2.40. The lowest BCUT2D eigenvalue weighted by Gasteiger charge is -2.42. The molecule has 1 aromatic heterocycles. The molecule has 0 bridgehead atoms. The minimum Gasteiger partial charge on any atom is -0.360 e. The van der Waals surface area contributed by atoms with Gasteiger partial charge in [-0.25, -0.2) is 0 Å². The zero-order valence-electron chi connectivity index (χ0n) is 14.6. The zero-order valence-corrected chi connectivity index (χ0v) is 14.6. The molecule has 2 aliphatic carbocycles. The summed E-state index contributed by atoms with van der Waals surface area (Å²) in [7, 11) is 0. The highest BCUT2D eigenvalue weighted by molar-refractivity contribution is 5.92. The van der Waals surface area contributed by atoms with E-state index in [0.717, 1.165) is 44.3 Å². The van der Waals surface area contributed by atoms with E-state index >= 15 is 0 Å². The van der Waals surface area contributed by atoms with E-state index in [1.165, 1.54) is 0 Å². The van der Waals surface area contributed by atoms with E-state index in [1.54, 1.807) is 6.07 Å². The second kappa shape index (κ2) is 6.44. The van der Waals surface area contributed by atoms with Crippen LogP contribution in [0.5, 0.6) is 0 Å². The maximum atomic E-state index is 12.5. The van der Waals surface area contributed by atoms with E-state index in [4.69, 9.17) is 10.3 Å². The molecule has 1 unspecified atom stereocenters. The zero-order chi connectivity index (χ0) is 17.6. The van der Waals surface area contributed by atoms with Crippen molar-refractivity contribution in [2.24, 2.45) is 11.7 Å². The second-order valence-corrected chi connectivity index (χ2v) is 7.89. The number of rotatable bonds is 4. The molecule has 136 valence electrons. The lowest BCUT2D eigenvalue weighted by molar-refractivity contribution is -0.142. The van der Waals surface area contributed by atoms with Crippen molar-refractivity contribution in [3.8, 4) is 0 Å². The number of nitrogens with zero attached hydrogens (tertiary/aromatic N) is 2. The number of hydrogen-bond donors (Lipinski definition) is 2. The first-order valence-electron chi connectivity index (χ1n) is 9.34. The summed E-state index contributed by atoms with van der Waals surface area (Å²) in [4.78, 5) is 26.8. The lowest BCUT2D eigenvalue weighted by atomic mass is 9.79. The van der Waals surface area contributed by atoms with Gasteiger partial charge in [-0.05, 0) is 45.4 Å². The van der Waals surface area contributed by atoms with Crippen molar-refractivity contribution in [2.75, 3.05) is 6.54 Å². The van der Waals surface area contributed by atoms with Crippen molar-refractivity contribution in [3.05, 3.63) is 17.5 Å². The predicted molar refractivity (Wildman–Crippen MR) is 90.8 cm³/mol. The molecule has 25 heavy (non-hydrogen) atoms. The molecule has 2 amide bonds. The fraction of sp³-hybridized carbons (Fsp3) is 0.722. The number of hydrogen-bond acceptors (Lipinski definition) is 5. The quantitative estimate of drug-likeness (QED) is 0.858. The van der Waals surface area contributed by atoms with E-state index in [0.29, 0.717) is 18.2 Å². The van der Waals surface area contributed by atoms with Crippen LogP contribution in [0.2, 0.25) is 0 Å². The van der Waals surface area contributed by atoms with Crippen LogP contribution in [-0.2, 0) is 4.79 Å². The molecule has 0 spiro atoms. The number of carbonyl (C=O) groups excluding carboxylic acids is 2. The van der Waals surface area contributed by atoms with E-state index < -0.39 is 0 Å². The molecular formula is C18H26N4O3. The minimum absolute atomic E-state index is 0.0660. The maximum Gasteiger partial charge on any atom is 0.273 e. The van der Waals surface area contributed by atoms with Crippen molar-refractivity contribution < 1.29 is 14.1 Å². The van der Waals surface area contributed by atoms with Crippen LogP contribution in [0.4, 0.5) is 0 Å². The Hall–Kier alpha value is -1.89. The SMILES string of the molecule is C[C@@H]1CC(NC(=O)c2cc(C3CC3)on2)CCN1C(=O)[C@H]1C[C@H](N)C1. The van der Waals surface area contributed by atoms with Crippen LogP contribution < -0.4 is 11.1 Å². The number of aromatic nitrogens is 1. The Labute approximate surface area is 147 Å². The summed E-state index contributed by atoms with van der Waals surface area (Å²) in [6.45, 7) is 2.74. The van der Waals surface area contributed by atoms with Crippen LogP contribution >= 0.6 is 0 Å². The average Bonchev–Trinajstić information content (AvgIpc) is 3.28. The topological polar surface area (TPSA) is 101 Å². The van der Waals surface area contributed by atoms with Gasteiger partial charge in [-0.3, -0.25) is 9.59 Å². The van der Waals surface area contributed by atoms with Crippen molar-refractivity contribution in [1.29, 1.82) is 0 Å². The van der Waals surface area contributed by atoms with Gasteiger partial charge >= 0.3 is 0 Å². The molecule has 1 aliphatic heterocycles. The fourth-order valence-electron chi connectivity index (χ4n) is 3.94. The Bertz CT molecular complexity index is 663. The minimum atomic E-state index is -0.183. The molecule has 7 nitrogen and oxygen atoms in total. The number of nitrogens with one attached hydrogen (secondary N) is 1. The molecule has 0 radical (unpaired) electrons. The molecule has 3 fully saturated rings. The van der Waals surface area contributed by atoms with Gasteiger partial charge in [-0.1, -0.05) is 5.16 Å². The van der Waals surface area contributed by atoms with Crippen molar-refractivity contribution in [3.63, 3.8) is 0 Å². The van der Waals surface area contributed by atoms with E-state index in [-0.39, 0.29) is 35.9 Å². The highest BCUT2D eigenvalue weighted by atomic mass is 16.5. The van der Waals surface area contributed by atoms with E-state index in [9.17, 15) is 9.59 Å². The fourth-order valence-corrected chi connectivity index (χ4v) is 3.94. The standard InChI is InChI=1S/C18H26N4O3/c1-10-6-14(4-5-22(10)18(24)12-7-13(19)8-12)20-17(23)15-9-16(25-21-15)11-2-3-11/h9-14H,2-8,19H2,1H3,(H,20,23)/t10-,12-,13-,14?/m1/s1. The van der Waals surface area contributed by atoms with Crippen LogP contribution in [0.3, 0.4) is 0 Å². The Kier molecular flexibility index (Phi) is 4.27. The summed E-state index contributed by atoms with van der Waals surface area (Å²) in [6, 6.07) is 2.14. The number of piperidine rings is 1. The van der Waals surface area contributed by atoms with Crippen molar-refractivity contribution in [1.82, 2.24) is 15.4 Å². The summed E-state index contributed by atoms with van der Waals surface area (Å²) in [5.74, 6) is 1.40. The normalized spacial score (nSPS) is 32.2. The first-order chi connectivity index (χ1) is 12.0. The Balaban J connectivity index is 1.29. The first-order valence-corrected chi connectivity index (χ1v) is 9.34. The number of likely N-dealkylation sites (tertiary alicyclic amines) is 1. The van der Waals surface area contributed by atoms with Gasteiger partial charge in [-0.2, -0.15) is 0 Å². The summed E-state index contributed by atoms with van der Waals surface area (Å²) < 4.78 is 5.25. The molecule has 2 atom stereocenters. The molecule has 0 aromatic carbocycles. The number of carbonyl (C=O) groups is 2. The monoisotopic (exact) mass is 346 g/mol. The van der Waals surface area contributed by atoms with Crippen LogP contribution in [0.25, 0.3) is 0 Å². The van der Waals surface area contributed by atoms with E-state index in [1.807, 2.05) is 4.90 Å². The second-order valence-electron chi connectivity index (χ2n) is 7.89. The van der Waals surface area contributed by atoms with Crippen LogP contribution in [0, 0.1) is 5.92 Å². The summed E-state index contributed by atoms with van der Waals surface area (Å²) in [5, 5.41) is 6.93. The molecule has 2 heterocycles. The van der Waals surface area contributed by atoms with Gasteiger partial charge in [0, 0.05) is 42.6 Å². The number of nitrogens with two attached hydrogens (primary N) is 1. The van der Waals surface area contributed by atoms with Gasteiger partial charge in [0.25, 0.3) is 5.91 Å². The largest absolute Gasteiger partial charge is 0.360 e. The smallest absolute Gasteiger partial charge is 0.273 e. The molecule has 1 aromatic rings. The van der Waals surface area contributed by atoms with E-state index in [2.05, 4.69) is 17.4 Å². The van der Waals surface area contributed by atoms with Gasteiger partial charge in [0.05, 0.1) is 0 Å². The van der Waals surface area contributed by atoms with Gasteiger partial charge in [0.1, 0.15) is 5.76 Å². The Morgan fingerprint density at radius 2 is 2.04 bits per heavy atom. The molecule has 3 N–H and O–H groups in total. The third-order valence-electron chi connectivity index (χ3n) is 5.76. The first kappa shape index (κ1) is 16.6. The van der Waals surface area contributed by atoms with Gasteiger partial charge in [0.2, 0.25) is 5.91 Å². The Morgan fingerprint density at radius 3 is 2.68 bits per heavy atom. The lowest BCUT2D eigenvalue weighted by Crippen LogP contribution is -2.55. The van der Waals surface area contributed by atoms with Crippen molar-refractivity contribution >= 4 is 11.8 Å². The third kappa shape index (κ3) is 3.42. The van der Waals surface area contributed by atoms with Crippen LogP contribution in [-0.4, -0.2) is 46.5 Å². The molecule has 4 rings (SSSR count). The highest BCUT2D eigenvalue weighted by Gasteiger charge is 2.38. The maximum absolute atomic E-state index is 12.5. The summed E-state index contributed by atoms with van der Waals surface area (Å²) in [5.41, 5.74) is 6.15. The number of amides is 2. The summed E-state index contributed by atoms with van der Waals surface area (Å²) in [6.07, 6.45) is 5.38.